The average molecular weight is 445 g/mol. The Morgan fingerprint density at radius 2 is 1.18 bits per heavy atom. The number of benzene rings is 3. The molecule has 0 aromatic heterocycles. The summed E-state index contributed by atoms with van der Waals surface area (Å²) in [5, 5.41) is 5.96. The fourth-order valence-electron chi connectivity index (χ4n) is 3.49. The molecule has 0 atom stereocenters. The maximum atomic E-state index is 12.9. The third-order valence-corrected chi connectivity index (χ3v) is 5.50. The van der Waals surface area contributed by atoms with Crippen LogP contribution >= 0.6 is 0 Å². The number of nitrogens with zero attached hydrogens (tertiary/aromatic N) is 2. The van der Waals surface area contributed by atoms with Crippen molar-refractivity contribution < 1.29 is 9.59 Å². The summed E-state index contributed by atoms with van der Waals surface area (Å²) in [6, 6.07) is 25.0. The van der Waals surface area contributed by atoms with Crippen LogP contribution in [0.1, 0.15) is 30.5 Å². The molecule has 172 valence electrons. The minimum atomic E-state index is -0.179. The van der Waals surface area contributed by atoms with Crippen molar-refractivity contribution in [1.82, 2.24) is 9.80 Å². The summed E-state index contributed by atoms with van der Waals surface area (Å²) < 4.78 is 0. The van der Waals surface area contributed by atoms with E-state index in [0.29, 0.717) is 37.6 Å². The summed E-state index contributed by atoms with van der Waals surface area (Å²) in [7, 11) is 0. The lowest BCUT2D eigenvalue weighted by Crippen LogP contribution is -2.35. The van der Waals surface area contributed by atoms with Crippen molar-refractivity contribution in [1.29, 1.82) is 0 Å². The van der Waals surface area contributed by atoms with Crippen LogP contribution in [0.3, 0.4) is 0 Å². The van der Waals surface area contributed by atoms with Gasteiger partial charge in [0.1, 0.15) is 0 Å². The highest BCUT2D eigenvalue weighted by atomic mass is 16.2. The zero-order valence-corrected chi connectivity index (χ0v) is 19.5. The van der Waals surface area contributed by atoms with Gasteiger partial charge in [-0.2, -0.15) is 0 Å². The fourth-order valence-corrected chi connectivity index (χ4v) is 3.49. The lowest BCUT2D eigenvalue weighted by atomic mass is 10.1. The molecular formula is C27H32N4O2. The largest absolute Gasteiger partial charge is 0.322 e. The standard InChI is InChI=1S/C27H32N4O2/c1-4-30(19-22-12-8-6-9-13-22)26(32)28-24-17-16-21(3)25(18-24)29-27(33)31(5-2)20-23-14-10-7-11-15-23/h6-18H,4-5,19-20H2,1-3H3,(H,28,32)(H,29,33). The van der Waals surface area contributed by atoms with Crippen LogP contribution in [0.15, 0.2) is 78.9 Å². The zero-order chi connectivity index (χ0) is 23.6. The molecule has 0 aliphatic rings. The number of urea groups is 2. The summed E-state index contributed by atoms with van der Waals surface area (Å²) in [5.41, 5.74) is 4.39. The molecule has 3 aromatic carbocycles. The third-order valence-electron chi connectivity index (χ3n) is 5.50. The number of rotatable bonds is 8. The molecule has 0 radical (unpaired) electrons. The van der Waals surface area contributed by atoms with Crippen molar-refractivity contribution in [3.63, 3.8) is 0 Å². The van der Waals surface area contributed by atoms with Gasteiger partial charge in [0.25, 0.3) is 0 Å². The van der Waals surface area contributed by atoms with Crippen molar-refractivity contribution in [2.24, 2.45) is 0 Å². The van der Waals surface area contributed by atoms with Crippen LogP contribution in [0.2, 0.25) is 0 Å². The Hall–Kier alpha value is -3.80. The van der Waals surface area contributed by atoms with Crippen molar-refractivity contribution in [2.45, 2.75) is 33.9 Å². The highest BCUT2D eigenvalue weighted by molar-refractivity contribution is 5.93. The molecule has 0 bridgehead atoms. The van der Waals surface area contributed by atoms with Gasteiger partial charge in [0.05, 0.1) is 0 Å². The van der Waals surface area contributed by atoms with Crippen LogP contribution in [0.25, 0.3) is 0 Å². The molecule has 6 nitrogen and oxygen atoms in total. The van der Waals surface area contributed by atoms with E-state index in [-0.39, 0.29) is 12.1 Å². The monoisotopic (exact) mass is 444 g/mol. The van der Waals surface area contributed by atoms with Crippen molar-refractivity contribution in [3.8, 4) is 0 Å². The Morgan fingerprint density at radius 1 is 0.697 bits per heavy atom. The minimum absolute atomic E-state index is 0.174. The predicted molar refractivity (Wildman–Crippen MR) is 134 cm³/mol. The number of amides is 4. The van der Waals surface area contributed by atoms with Crippen LogP contribution in [0, 0.1) is 6.92 Å². The van der Waals surface area contributed by atoms with Crippen molar-refractivity contribution in [3.05, 3.63) is 95.6 Å². The first-order valence-corrected chi connectivity index (χ1v) is 11.3. The topological polar surface area (TPSA) is 64.7 Å². The molecule has 4 amide bonds. The normalized spacial score (nSPS) is 10.4. The van der Waals surface area contributed by atoms with Gasteiger partial charge < -0.3 is 20.4 Å². The summed E-state index contributed by atoms with van der Waals surface area (Å²) in [6.07, 6.45) is 0. The molecule has 2 N–H and O–H groups in total. The number of carbonyl (C=O) groups is 2. The molecule has 0 heterocycles. The predicted octanol–water partition coefficient (Wildman–Crippen LogP) is 6.10. The van der Waals surface area contributed by atoms with Crippen molar-refractivity contribution >= 4 is 23.4 Å². The van der Waals surface area contributed by atoms with Gasteiger partial charge in [-0.05, 0) is 49.6 Å². The van der Waals surface area contributed by atoms with Gasteiger partial charge in [-0.15, -0.1) is 0 Å². The number of anilines is 2. The molecule has 3 aromatic rings. The van der Waals surface area contributed by atoms with Crippen LogP contribution < -0.4 is 10.6 Å². The van der Waals surface area contributed by atoms with Gasteiger partial charge in [-0.3, -0.25) is 0 Å². The molecule has 6 heteroatoms. The highest BCUT2D eigenvalue weighted by Gasteiger charge is 2.16. The average Bonchev–Trinajstić information content (AvgIpc) is 2.84. The summed E-state index contributed by atoms with van der Waals surface area (Å²) in [5.74, 6) is 0. The quantitative estimate of drug-likeness (QED) is 0.441. The number of carbonyl (C=O) groups excluding carboxylic acids is 2. The van der Waals surface area contributed by atoms with Gasteiger partial charge in [-0.25, -0.2) is 9.59 Å². The summed E-state index contributed by atoms with van der Waals surface area (Å²) in [4.78, 5) is 29.2. The van der Waals surface area contributed by atoms with Crippen LogP contribution in [-0.2, 0) is 13.1 Å². The number of hydrogen-bond acceptors (Lipinski definition) is 2. The molecule has 0 unspecified atom stereocenters. The van der Waals surface area contributed by atoms with Gasteiger partial charge >= 0.3 is 12.1 Å². The smallest absolute Gasteiger partial charge is 0.320 e. The van der Waals surface area contributed by atoms with Gasteiger partial charge in [0.15, 0.2) is 0 Å². The van der Waals surface area contributed by atoms with E-state index in [9.17, 15) is 9.59 Å². The second kappa shape index (κ2) is 11.7. The van der Waals surface area contributed by atoms with Crippen LogP contribution in [-0.4, -0.2) is 35.0 Å². The second-order valence-electron chi connectivity index (χ2n) is 7.89. The molecular weight excluding hydrogens is 412 g/mol. The molecule has 3 rings (SSSR count). The second-order valence-corrected chi connectivity index (χ2v) is 7.89. The van der Waals surface area contributed by atoms with E-state index in [1.54, 1.807) is 15.9 Å². The first-order valence-electron chi connectivity index (χ1n) is 11.3. The Morgan fingerprint density at radius 3 is 1.67 bits per heavy atom. The first kappa shape index (κ1) is 23.9. The zero-order valence-electron chi connectivity index (χ0n) is 19.5. The van der Waals surface area contributed by atoms with E-state index in [1.807, 2.05) is 93.6 Å². The van der Waals surface area contributed by atoms with E-state index < -0.39 is 0 Å². The van der Waals surface area contributed by atoms with E-state index >= 15 is 0 Å². The Kier molecular flexibility index (Phi) is 8.47. The Balaban J connectivity index is 1.66. The lowest BCUT2D eigenvalue weighted by molar-refractivity contribution is 0.211. The maximum Gasteiger partial charge on any atom is 0.322 e. The maximum absolute atomic E-state index is 12.9. The molecule has 0 spiro atoms. The van der Waals surface area contributed by atoms with E-state index in [2.05, 4.69) is 10.6 Å². The van der Waals surface area contributed by atoms with E-state index in [0.717, 1.165) is 16.7 Å². The number of aryl methyl sites for hydroxylation is 1. The van der Waals surface area contributed by atoms with Crippen LogP contribution in [0.5, 0.6) is 0 Å². The van der Waals surface area contributed by atoms with Gasteiger partial charge in [0.2, 0.25) is 0 Å². The SMILES string of the molecule is CCN(Cc1ccccc1)C(=O)Nc1ccc(C)c(NC(=O)N(CC)Cc2ccccc2)c1. The van der Waals surface area contributed by atoms with E-state index in [4.69, 9.17) is 0 Å². The minimum Gasteiger partial charge on any atom is -0.320 e. The Bertz CT molecular complexity index is 1050. The molecule has 0 aliphatic heterocycles. The first-order chi connectivity index (χ1) is 16.0. The van der Waals surface area contributed by atoms with Gasteiger partial charge in [-0.1, -0.05) is 66.7 Å². The molecule has 0 fully saturated rings. The molecule has 33 heavy (non-hydrogen) atoms. The molecule has 0 aliphatic carbocycles. The summed E-state index contributed by atoms with van der Waals surface area (Å²) >= 11 is 0. The van der Waals surface area contributed by atoms with E-state index in [1.165, 1.54) is 0 Å². The third kappa shape index (κ3) is 6.84. The van der Waals surface area contributed by atoms with Crippen molar-refractivity contribution in [2.75, 3.05) is 23.7 Å². The summed E-state index contributed by atoms with van der Waals surface area (Å²) in [6.45, 7) is 8.07. The van der Waals surface area contributed by atoms with Gasteiger partial charge in [0, 0.05) is 37.6 Å². The fraction of sp³-hybridized carbons (Fsp3) is 0.259. The number of nitrogens with one attached hydrogen (secondary N) is 2. The highest BCUT2D eigenvalue weighted by Crippen LogP contribution is 2.22. The molecule has 0 saturated carbocycles. The van der Waals surface area contributed by atoms with Crippen LogP contribution in [0.4, 0.5) is 21.0 Å². The Labute approximate surface area is 196 Å². The number of hydrogen-bond donors (Lipinski definition) is 2. The molecule has 0 saturated heterocycles. The lowest BCUT2D eigenvalue weighted by Gasteiger charge is -2.23.